The van der Waals surface area contributed by atoms with E-state index in [0.29, 0.717) is 0 Å². The highest BCUT2D eigenvalue weighted by molar-refractivity contribution is 6.34. The molecule has 0 radical (unpaired) electrons. The summed E-state index contributed by atoms with van der Waals surface area (Å²) in [6, 6.07) is 0. The zero-order valence-corrected chi connectivity index (χ0v) is 3.71. The number of rotatable bonds is 0. The lowest BCUT2D eigenvalue weighted by Crippen LogP contribution is -2.36. The lowest BCUT2D eigenvalue weighted by Gasteiger charge is -1.91. The highest BCUT2D eigenvalue weighted by atomic mass is 16.5. The van der Waals surface area contributed by atoms with Crippen LogP contribution in [0.2, 0.25) is 0 Å². The van der Waals surface area contributed by atoms with Crippen LogP contribution < -0.4 is 11.0 Å². The summed E-state index contributed by atoms with van der Waals surface area (Å²) in [5.74, 6) is -2.62. The largest absolute Gasteiger partial charge is 0.334 e. The predicted molar refractivity (Wildman–Crippen MR) is 19.9 cm³/mol. The molecule has 6 heteroatoms. The van der Waals surface area contributed by atoms with Crippen LogP contribution in [0.3, 0.4) is 0 Å². The zero-order chi connectivity index (χ0) is 6.57. The molecule has 0 spiro atoms. The molecule has 4 N–H and O–H groups in total. The lowest BCUT2D eigenvalue weighted by molar-refractivity contribution is -0.148. The van der Waals surface area contributed by atoms with Crippen LogP contribution in [0.1, 0.15) is 0 Å². The summed E-state index contributed by atoms with van der Waals surface area (Å²) in [7, 11) is 0. The van der Waals surface area contributed by atoms with Gasteiger partial charge in [0.2, 0.25) is 0 Å². The molecule has 0 atom stereocenters. The van der Waals surface area contributed by atoms with E-state index in [4.69, 9.17) is 10.4 Å². The van der Waals surface area contributed by atoms with Crippen molar-refractivity contribution < 1.29 is 20.0 Å². The molecule has 0 aliphatic rings. The first-order chi connectivity index (χ1) is 3.72. The Bertz CT molecular complexity index is 96.6. The number of hydrogen-bond donors (Lipinski definition) is 4. The first-order valence-electron chi connectivity index (χ1n) is 1.61. The maximum atomic E-state index is 9.81. The number of hydrogen-bond acceptors (Lipinski definition) is 4. The van der Waals surface area contributed by atoms with Gasteiger partial charge in [0.1, 0.15) is 0 Å². The van der Waals surface area contributed by atoms with E-state index < -0.39 is 11.8 Å². The number of carbonyl (C=O) groups is 2. The molecule has 0 aliphatic carbocycles. The molecule has 0 rings (SSSR count). The van der Waals surface area contributed by atoms with Gasteiger partial charge in [0, 0.05) is 0 Å². The van der Waals surface area contributed by atoms with Crippen LogP contribution in [0.15, 0.2) is 0 Å². The average molecular weight is 120 g/mol. The lowest BCUT2D eigenvalue weighted by atomic mass is 10.6. The maximum Gasteiger partial charge on any atom is 0.334 e. The Labute approximate surface area is 44.0 Å². The molecule has 0 heterocycles. The van der Waals surface area contributed by atoms with Crippen molar-refractivity contribution in [1.29, 1.82) is 0 Å². The fourth-order valence-electron chi connectivity index (χ4n) is 0.102. The summed E-state index contributed by atoms with van der Waals surface area (Å²) in [6.07, 6.45) is 0. The third-order valence-electron chi connectivity index (χ3n) is 0.409. The van der Waals surface area contributed by atoms with Crippen LogP contribution in [-0.2, 0) is 9.59 Å². The molecule has 0 aromatic carbocycles. The summed E-state index contributed by atoms with van der Waals surface area (Å²) < 4.78 is 0. The summed E-state index contributed by atoms with van der Waals surface area (Å²) in [4.78, 5) is 19.6. The second kappa shape index (κ2) is 2.94. The third-order valence-corrected chi connectivity index (χ3v) is 0.409. The molecule has 0 bridgehead atoms. The minimum Gasteiger partial charge on any atom is -0.288 e. The van der Waals surface area contributed by atoms with Gasteiger partial charge in [-0.25, -0.2) is 11.0 Å². The van der Waals surface area contributed by atoms with Crippen molar-refractivity contribution in [3.63, 3.8) is 0 Å². The SMILES string of the molecule is O=C(NO)C(=O)NO. The van der Waals surface area contributed by atoms with Crippen LogP contribution in [0.4, 0.5) is 0 Å². The Morgan fingerprint density at radius 3 is 1.38 bits per heavy atom. The van der Waals surface area contributed by atoms with E-state index in [1.165, 1.54) is 0 Å². The van der Waals surface area contributed by atoms with Gasteiger partial charge in [-0.15, -0.1) is 0 Å². The Hall–Kier alpha value is -1.14. The number of carbonyl (C=O) groups excluding carboxylic acids is 2. The van der Waals surface area contributed by atoms with Gasteiger partial charge in [-0.3, -0.25) is 20.0 Å². The van der Waals surface area contributed by atoms with Crippen LogP contribution in [0, 0.1) is 0 Å². The number of hydroxylamine groups is 2. The van der Waals surface area contributed by atoms with Gasteiger partial charge in [0.25, 0.3) is 0 Å². The monoisotopic (exact) mass is 120 g/mol. The molecule has 6 nitrogen and oxygen atoms in total. The molecule has 0 aromatic rings. The van der Waals surface area contributed by atoms with E-state index in [0.717, 1.165) is 11.0 Å². The topological polar surface area (TPSA) is 98.7 Å². The van der Waals surface area contributed by atoms with E-state index in [1.54, 1.807) is 0 Å². The van der Waals surface area contributed by atoms with Crippen molar-refractivity contribution in [2.24, 2.45) is 0 Å². The minimum atomic E-state index is -1.31. The molecule has 0 unspecified atom stereocenters. The molecule has 0 aliphatic heterocycles. The Kier molecular flexibility index (Phi) is 2.52. The van der Waals surface area contributed by atoms with E-state index in [2.05, 4.69) is 0 Å². The summed E-state index contributed by atoms with van der Waals surface area (Å²) in [5, 5.41) is 15.3. The van der Waals surface area contributed by atoms with E-state index >= 15 is 0 Å². The predicted octanol–water partition coefficient (Wildman–Crippen LogP) is -2.00. The molecule has 2 amide bonds. The Balaban J connectivity index is 3.64. The minimum absolute atomic E-state index is 1.00. The van der Waals surface area contributed by atoms with E-state index in [-0.39, 0.29) is 0 Å². The first kappa shape index (κ1) is 6.86. The summed E-state index contributed by atoms with van der Waals surface area (Å²) in [5.41, 5.74) is 2.01. The second-order valence-corrected chi connectivity index (χ2v) is 0.882. The van der Waals surface area contributed by atoms with Gasteiger partial charge in [0.05, 0.1) is 0 Å². The highest BCUT2D eigenvalue weighted by Gasteiger charge is 2.08. The van der Waals surface area contributed by atoms with Gasteiger partial charge in [-0.2, -0.15) is 0 Å². The second-order valence-electron chi connectivity index (χ2n) is 0.882. The van der Waals surface area contributed by atoms with Crippen molar-refractivity contribution >= 4 is 11.8 Å². The van der Waals surface area contributed by atoms with Gasteiger partial charge in [-0.1, -0.05) is 0 Å². The van der Waals surface area contributed by atoms with Crippen molar-refractivity contribution in [3.8, 4) is 0 Å². The molecular weight excluding hydrogens is 116 g/mol. The molecule has 0 saturated carbocycles. The Morgan fingerprint density at radius 2 is 1.25 bits per heavy atom. The molecule has 0 fully saturated rings. The van der Waals surface area contributed by atoms with Crippen molar-refractivity contribution in [3.05, 3.63) is 0 Å². The fraction of sp³-hybridized carbons (Fsp3) is 0. The molecule has 46 valence electrons. The van der Waals surface area contributed by atoms with Crippen molar-refractivity contribution in [2.75, 3.05) is 0 Å². The van der Waals surface area contributed by atoms with Gasteiger partial charge >= 0.3 is 11.8 Å². The quantitative estimate of drug-likeness (QED) is 0.169. The summed E-state index contributed by atoms with van der Waals surface area (Å²) >= 11 is 0. The zero-order valence-electron chi connectivity index (χ0n) is 3.71. The van der Waals surface area contributed by atoms with Gasteiger partial charge in [-0.05, 0) is 0 Å². The van der Waals surface area contributed by atoms with Crippen molar-refractivity contribution in [1.82, 2.24) is 11.0 Å². The Morgan fingerprint density at radius 1 is 1.00 bits per heavy atom. The highest BCUT2D eigenvalue weighted by Crippen LogP contribution is 1.58. The number of nitrogens with one attached hydrogen (secondary N) is 2. The average Bonchev–Trinajstić information content (AvgIpc) is 1.84. The van der Waals surface area contributed by atoms with E-state index in [9.17, 15) is 9.59 Å². The van der Waals surface area contributed by atoms with Gasteiger partial charge in [0.15, 0.2) is 0 Å². The maximum absolute atomic E-state index is 9.81. The van der Waals surface area contributed by atoms with Crippen LogP contribution in [-0.4, -0.2) is 22.2 Å². The summed E-state index contributed by atoms with van der Waals surface area (Å²) in [6.45, 7) is 0. The van der Waals surface area contributed by atoms with Crippen LogP contribution in [0.25, 0.3) is 0 Å². The normalized spacial score (nSPS) is 7.75. The molecular formula is C2H4N2O4. The van der Waals surface area contributed by atoms with Crippen LogP contribution in [0.5, 0.6) is 0 Å². The van der Waals surface area contributed by atoms with Crippen LogP contribution >= 0.6 is 0 Å². The van der Waals surface area contributed by atoms with Gasteiger partial charge < -0.3 is 0 Å². The molecule has 0 aromatic heterocycles. The van der Waals surface area contributed by atoms with E-state index in [1.807, 2.05) is 0 Å². The first-order valence-corrected chi connectivity index (χ1v) is 1.61. The van der Waals surface area contributed by atoms with Crippen molar-refractivity contribution in [2.45, 2.75) is 0 Å². The number of amides is 2. The smallest absolute Gasteiger partial charge is 0.288 e. The molecule has 8 heavy (non-hydrogen) atoms. The third kappa shape index (κ3) is 1.54. The fourth-order valence-corrected chi connectivity index (χ4v) is 0.102. The standard InChI is InChI=1S/C2H4N2O4/c5-1(3-7)2(6)4-8/h7-8H,(H,3,5)(H,4,6). The molecule has 0 saturated heterocycles.